The Labute approximate surface area is 118 Å². The van der Waals surface area contributed by atoms with Gasteiger partial charge in [-0.3, -0.25) is 5.41 Å². The third kappa shape index (κ3) is 1250. The van der Waals surface area contributed by atoms with Crippen LogP contribution in [0.25, 0.3) is 0 Å². The van der Waals surface area contributed by atoms with Gasteiger partial charge in [0.15, 0.2) is 5.96 Å². The minimum atomic E-state index is -4.69. The molecule has 0 spiro atoms. The first-order valence-electron chi connectivity index (χ1n) is 2.57. The van der Waals surface area contributed by atoms with Gasteiger partial charge in [0.05, 0.1) is 20.0 Å². The minimum Gasteiger partial charge on any atom is -0.370 e. The SMILES string of the molecule is N.N=C(N)N.O=[N+]([O-])O.O=[N+]([O-])[O-].[Li+].[O-][Cl+3]([O-])([O-])O. The zero-order valence-electron chi connectivity index (χ0n) is 9.29. The van der Waals surface area contributed by atoms with Gasteiger partial charge in [-0.15, -0.1) is 10.1 Å². The molecule has 0 rings (SSSR count). The van der Waals surface area contributed by atoms with Gasteiger partial charge in [-0.25, -0.2) is 0 Å². The van der Waals surface area contributed by atoms with Crippen molar-refractivity contribution < 1.29 is 63.1 Å². The predicted molar refractivity (Wildman–Crippen MR) is 42.5 cm³/mol. The average molecular weight is 309 g/mol. The monoisotopic (exact) mass is 308 g/mol. The Morgan fingerprint density at radius 2 is 1.11 bits per heavy atom. The quantitative estimate of drug-likeness (QED) is 0.0795. The van der Waals surface area contributed by atoms with Crippen LogP contribution in [0.2, 0.25) is 0 Å². The van der Waals surface area contributed by atoms with Gasteiger partial charge in [-0.2, -0.15) is 14.0 Å². The number of nitrogens with two attached hydrogens (primary N) is 2. The van der Waals surface area contributed by atoms with Crippen molar-refractivity contribution in [3.8, 4) is 0 Å². The largest absolute Gasteiger partial charge is 1.00 e. The molecule has 112 valence electrons. The molecule has 10 N–H and O–H groups in total. The molecule has 19 heavy (non-hydrogen) atoms. The van der Waals surface area contributed by atoms with E-state index < -0.39 is 20.4 Å². The Morgan fingerprint density at radius 3 is 1.11 bits per heavy atom. The first-order valence-corrected chi connectivity index (χ1v) is 3.84. The van der Waals surface area contributed by atoms with Crippen LogP contribution in [0.15, 0.2) is 0 Å². The van der Waals surface area contributed by atoms with Crippen molar-refractivity contribution in [2.45, 2.75) is 0 Å². The first kappa shape index (κ1) is 36.0. The van der Waals surface area contributed by atoms with Crippen LogP contribution in [0.5, 0.6) is 0 Å². The molecule has 0 atom stereocenters. The van der Waals surface area contributed by atoms with E-state index in [1.165, 1.54) is 0 Å². The van der Waals surface area contributed by atoms with E-state index in [0.29, 0.717) is 0 Å². The smallest absolute Gasteiger partial charge is 0.370 e. The number of nitrogens with one attached hydrogen (secondary N) is 1. The second-order valence-electron chi connectivity index (χ2n) is 1.31. The zero-order valence-corrected chi connectivity index (χ0v) is 10.1. The standard InChI is InChI=1S/CH5N3.ClHO4.Li.HNO3.NO3.H3N/c2-1(3)4;2-1(3,4)5;;2*2-1(3)4;/h(H5,2,3,4);(H,2,3,4,5);;(H,2,3,4);;1H3/q;;+1;;-1;. The molecule has 0 saturated carbocycles. The summed E-state index contributed by atoms with van der Waals surface area (Å²) in [5, 5.41) is 34.4. The molecule has 18 heteroatoms. The Kier molecular flexibility index (Phi) is 41.0. The number of halogens is 1. The second kappa shape index (κ2) is 21.6. The molecule has 0 bridgehead atoms. The van der Waals surface area contributed by atoms with Crippen LogP contribution in [0.1, 0.15) is 0 Å². The van der Waals surface area contributed by atoms with Crippen LogP contribution in [0.4, 0.5) is 0 Å². The van der Waals surface area contributed by atoms with E-state index in [0.717, 1.165) is 0 Å². The summed E-state index contributed by atoms with van der Waals surface area (Å²) in [4.78, 5) is 16.6. The van der Waals surface area contributed by atoms with E-state index in [1.807, 2.05) is 0 Å². The van der Waals surface area contributed by atoms with Crippen LogP contribution in [0, 0.1) is 41.1 Å². The first-order chi connectivity index (χ1) is 7.20. The minimum absolute atomic E-state index is 0. The molecule has 16 nitrogen and oxygen atoms in total. The van der Waals surface area contributed by atoms with Gasteiger partial charge in [0.1, 0.15) is 0 Å². The third-order valence-electron chi connectivity index (χ3n) is 0. The van der Waals surface area contributed by atoms with Crippen LogP contribution in [-0.2, 0) is 0 Å². The predicted octanol–water partition coefficient (Wildman–Crippen LogP) is -8.71. The molecule has 0 radical (unpaired) electrons. The molecule has 0 saturated heterocycles. The molecular weight excluding hydrogens is 298 g/mol. The molecule has 0 aliphatic heterocycles. The summed E-state index contributed by atoms with van der Waals surface area (Å²) < 4.78 is 32.7. The summed E-state index contributed by atoms with van der Waals surface area (Å²) in [7, 11) is -4.69. The molecule has 0 aliphatic carbocycles. The van der Waals surface area contributed by atoms with Crippen LogP contribution in [-0.4, -0.2) is 26.0 Å². The number of hydrogen-bond donors (Lipinski definition) is 6. The van der Waals surface area contributed by atoms with Crippen molar-refractivity contribution in [1.82, 2.24) is 6.15 Å². The average Bonchev–Trinajstić information content (AvgIpc) is 1.73. The molecule has 0 amide bonds. The Morgan fingerprint density at radius 1 is 1.11 bits per heavy atom. The number of nitrogens with zero attached hydrogens (tertiary/aromatic N) is 2. The molecular formula is CH10ClLiN6O10. The molecule has 0 fully saturated rings. The van der Waals surface area contributed by atoms with Crippen molar-refractivity contribution in [1.29, 1.82) is 5.41 Å². The van der Waals surface area contributed by atoms with E-state index in [4.69, 9.17) is 54.7 Å². The van der Waals surface area contributed by atoms with E-state index in [2.05, 4.69) is 11.5 Å². The van der Waals surface area contributed by atoms with Gasteiger partial charge in [-0.05, 0) is 0 Å². The van der Waals surface area contributed by atoms with E-state index in [-0.39, 0.29) is 31.0 Å². The van der Waals surface area contributed by atoms with Crippen molar-refractivity contribution >= 4 is 5.96 Å². The van der Waals surface area contributed by atoms with Crippen LogP contribution < -0.4 is 50.5 Å². The van der Waals surface area contributed by atoms with Gasteiger partial charge in [0, 0.05) is 0 Å². The normalized spacial score (nSPS) is 6.95. The van der Waals surface area contributed by atoms with Crippen molar-refractivity contribution in [2.75, 3.05) is 0 Å². The molecule has 0 aromatic carbocycles. The topological polar surface area (TPSA) is 330 Å². The van der Waals surface area contributed by atoms with Gasteiger partial charge in [0.2, 0.25) is 0 Å². The third-order valence-corrected chi connectivity index (χ3v) is 0. The summed E-state index contributed by atoms with van der Waals surface area (Å²) in [5.74, 6) is -0.333. The summed E-state index contributed by atoms with van der Waals surface area (Å²) in [5.41, 5.74) is 8.94. The van der Waals surface area contributed by atoms with Crippen molar-refractivity contribution in [2.24, 2.45) is 11.5 Å². The Bertz CT molecular complexity index is 184. The Hall–Kier alpha value is -1.64. The van der Waals surface area contributed by atoms with Gasteiger partial charge >= 0.3 is 18.9 Å². The Balaban J connectivity index is -0.0000000288. The summed E-state index contributed by atoms with van der Waals surface area (Å²) in [6.45, 7) is 0. The van der Waals surface area contributed by atoms with E-state index in [1.54, 1.807) is 0 Å². The fraction of sp³-hybridized carbons (Fsp3) is 0. The molecule has 0 aliphatic rings. The maximum Gasteiger partial charge on any atom is 1.00 e. The van der Waals surface area contributed by atoms with Crippen LogP contribution >= 0.6 is 0 Å². The van der Waals surface area contributed by atoms with Crippen molar-refractivity contribution in [3.05, 3.63) is 25.4 Å². The number of hydrogen-bond acceptors (Lipinski definition) is 11. The summed E-state index contributed by atoms with van der Waals surface area (Å²) in [6.07, 6.45) is 0. The maximum absolute atomic E-state index is 8.60. The number of guanidine groups is 1. The summed E-state index contributed by atoms with van der Waals surface area (Å²) >= 11 is 0. The molecule has 0 unspecified atom stereocenters. The zero-order chi connectivity index (χ0) is 15.2. The molecule has 0 aromatic heterocycles. The molecule has 0 aromatic rings. The fourth-order valence-electron chi connectivity index (χ4n) is 0. The number of rotatable bonds is 0. The maximum atomic E-state index is 8.60. The molecule has 0 heterocycles. The van der Waals surface area contributed by atoms with Gasteiger partial charge in [-0.1, -0.05) is 0 Å². The van der Waals surface area contributed by atoms with Crippen LogP contribution in [0.3, 0.4) is 0 Å². The second-order valence-corrected chi connectivity index (χ2v) is 2.10. The fourth-order valence-corrected chi connectivity index (χ4v) is 0. The van der Waals surface area contributed by atoms with Gasteiger partial charge < -0.3 is 38.1 Å². The van der Waals surface area contributed by atoms with E-state index in [9.17, 15) is 0 Å². The van der Waals surface area contributed by atoms with E-state index >= 15 is 0 Å². The summed E-state index contributed by atoms with van der Waals surface area (Å²) in [6, 6.07) is 0. The van der Waals surface area contributed by atoms with Crippen molar-refractivity contribution in [3.63, 3.8) is 0 Å². The van der Waals surface area contributed by atoms with Gasteiger partial charge in [0.25, 0.3) is 5.09 Å².